The number of morpholine rings is 1. The minimum Gasteiger partial charge on any atom is -0.496 e. The smallest absolute Gasteiger partial charge is 0.253 e. The topological polar surface area (TPSA) is 96.0 Å². The molecule has 2 amide bonds. The van der Waals surface area contributed by atoms with Gasteiger partial charge in [-0.1, -0.05) is 18.2 Å². The van der Waals surface area contributed by atoms with Crippen LogP contribution in [0.5, 0.6) is 5.75 Å². The Morgan fingerprint density at radius 3 is 2.38 bits per heavy atom. The van der Waals surface area contributed by atoms with Crippen LogP contribution in [0.1, 0.15) is 57.5 Å². The van der Waals surface area contributed by atoms with E-state index in [1.165, 1.54) is 5.69 Å². The van der Waals surface area contributed by atoms with E-state index in [2.05, 4.69) is 44.7 Å². The van der Waals surface area contributed by atoms with Crippen LogP contribution in [0.15, 0.2) is 60.8 Å². The molecule has 3 saturated heterocycles. The summed E-state index contributed by atoms with van der Waals surface area (Å²) < 4.78 is 10.8. The zero-order valence-electron chi connectivity index (χ0n) is 24.3. The van der Waals surface area contributed by atoms with Crippen molar-refractivity contribution >= 4 is 23.3 Å². The molecule has 3 atom stereocenters. The van der Waals surface area contributed by atoms with Crippen LogP contribution in [0.25, 0.3) is 0 Å². The van der Waals surface area contributed by atoms with Gasteiger partial charge in [-0.05, 0) is 74.6 Å². The summed E-state index contributed by atoms with van der Waals surface area (Å²) in [5, 5.41) is 6.29. The Morgan fingerprint density at radius 1 is 0.976 bits per heavy atom. The number of ether oxygens (including phenoxy) is 2. The number of carbonyl (C=O) groups is 2. The maximum Gasteiger partial charge on any atom is 0.253 e. The zero-order valence-corrected chi connectivity index (χ0v) is 24.3. The first kappa shape index (κ1) is 28.0. The lowest BCUT2D eigenvalue weighted by atomic mass is 9.96. The van der Waals surface area contributed by atoms with E-state index >= 15 is 0 Å². The minimum atomic E-state index is -0.136. The van der Waals surface area contributed by atoms with Gasteiger partial charge in [0.25, 0.3) is 11.8 Å². The summed E-state index contributed by atoms with van der Waals surface area (Å²) in [6.45, 7) is 5.70. The van der Waals surface area contributed by atoms with Crippen LogP contribution in [-0.2, 0) is 11.3 Å². The fraction of sp³-hybridized carbons (Fsp3) is 0.424. The molecule has 0 spiro atoms. The van der Waals surface area contributed by atoms with Crippen LogP contribution in [0.4, 0.5) is 11.5 Å². The Balaban J connectivity index is 1.02. The van der Waals surface area contributed by atoms with Crippen LogP contribution in [0.3, 0.4) is 0 Å². The van der Waals surface area contributed by atoms with Crippen molar-refractivity contribution in [1.82, 2.24) is 15.6 Å². The maximum atomic E-state index is 13.1. The van der Waals surface area contributed by atoms with Gasteiger partial charge in [0.1, 0.15) is 11.6 Å². The molecule has 3 fully saturated rings. The Hall–Kier alpha value is -4.11. The molecule has 3 aliphatic heterocycles. The van der Waals surface area contributed by atoms with Crippen molar-refractivity contribution in [2.24, 2.45) is 0 Å². The normalized spacial score (nSPS) is 21.6. The molecule has 3 aliphatic rings. The van der Waals surface area contributed by atoms with Crippen molar-refractivity contribution in [1.29, 1.82) is 0 Å². The Labute approximate surface area is 247 Å². The number of aromatic nitrogens is 1. The minimum absolute atomic E-state index is 0.0502. The molecule has 0 radical (unpaired) electrons. The fourth-order valence-corrected chi connectivity index (χ4v) is 6.62. The van der Waals surface area contributed by atoms with Crippen molar-refractivity contribution in [3.8, 4) is 5.75 Å². The lowest BCUT2D eigenvalue weighted by molar-refractivity contribution is 0.0923. The average molecular weight is 570 g/mol. The molecule has 1 aromatic heterocycles. The number of anilines is 2. The monoisotopic (exact) mass is 569 g/mol. The summed E-state index contributed by atoms with van der Waals surface area (Å²) in [6.07, 6.45) is 5.57. The summed E-state index contributed by atoms with van der Waals surface area (Å²) in [5.74, 6) is 1.43. The number of hydrogen-bond acceptors (Lipinski definition) is 7. The highest BCUT2D eigenvalue weighted by Crippen LogP contribution is 2.38. The number of nitrogens with zero attached hydrogens (tertiary/aromatic N) is 3. The number of hydrogen-bond donors (Lipinski definition) is 2. The van der Waals surface area contributed by atoms with E-state index in [1.54, 1.807) is 13.3 Å². The highest BCUT2D eigenvalue weighted by molar-refractivity contribution is 5.96. The van der Waals surface area contributed by atoms with Crippen LogP contribution in [0, 0.1) is 6.92 Å². The largest absolute Gasteiger partial charge is 0.496 e. The molecule has 2 bridgehead atoms. The zero-order chi connectivity index (χ0) is 29.1. The van der Waals surface area contributed by atoms with Gasteiger partial charge in [0.2, 0.25) is 0 Å². The highest BCUT2D eigenvalue weighted by atomic mass is 16.5. The quantitative estimate of drug-likeness (QED) is 0.422. The van der Waals surface area contributed by atoms with E-state index in [4.69, 9.17) is 14.5 Å². The summed E-state index contributed by atoms with van der Waals surface area (Å²) in [4.78, 5) is 35.3. The van der Waals surface area contributed by atoms with Gasteiger partial charge < -0.3 is 29.9 Å². The van der Waals surface area contributed by atoms with Crippen LogP contribution >= 0.6 is 0 Å². The molecule has 6 rings (SSSR count). The predicted octanol–water partition coefficient (Wildman–Crippen LogP) is 4.10. The average Bonchev–Trinajstić information content (AvgIpc) is 3.30. The first-order valence-electron chi connectivity index (χ1n) is 14.9. The molecule has 0 saturated carbocycles. The predicted molar refractivity (Wildman–Crippen MR) is 162 cm³/mol. The maximum absolute atomic E-state index is 13.1. The first-order valence-corrected chi connectivity index (χ1v) is 14.9. The van der Waals surface area contributed by atoms with Crippen LogP contribution in [-0.4, -0.2) is 68.3 Å². The van der Waals surface area contributed by atoms with Gasteiger partial charge in [0.05, 0.1) is 25.9 Å². The third kappa shape index (κ3) is 5.92. The first-order chi connectivity index (χ1) is 20.5. The fourth-order valence-electron chi connectivity index (χ4n) is 6.62. The Bertz CT molecular complexity index is 1390. The van der Waals surface area contributed by atoms with Gasteiger partial charge in [-0.3, -0.25) is 9.59 Å². The summed E-state index contributed by atoms with van der Waals surface area (Å²) in [7, 11) is 1.62. The molecule has 220 valence electrons. The lowest BCUT2D eigenvalue weighted by Crippen LogP contribution is -2.50. The van der Waals surface area contributed by atoms with E-state index in [9.17, 15) is 9.59 Å². The van der Waals surface area contributed by atoms with Crippen LogP contribution in [0.2, 0.25) is 0 Å². The summed E-state index contributed by atoms with van der Waals surface area (Å²) >= 11 is 0. The SMILES string of the molecule is COc1cccc(C(=O)N[C@H]2C[C@H]3CC[C@@H](C2)N3c2ccc(C(=O)NCc3ccc(N4CCOCC4)cc3)cn2)c1C. The number of nitrogens with one attached hydrogen (secondary N) is 2. The number of benzene rings is 2. The van der Waals surface area contributed by atoms with Crippen molar-refractivity contribution in [3.63, 3.8) is 0 Å². The molecule has 2 aromatic carbocycles. The van der Waals surface area contributed by atoms with Gasteiger partial charge in [-0.2, -0.15) is 0 Å². The van der Waals surface area contributed by atoms with Gasteiger partial charge >= 0.3 is 0 Å². The molecule has 0 aliphatic carbocycles. The number of fused-ring (bicyclic) bond motifs is 2. The van der Waals surface area contributed by atoms with Crippen molar-refractivity contribution < 1.29 is 19.1 Å². The number of rotatable bonds is 8. The van der Waals surface area contributed by atoms with Gasteiger partial charge in [0.15, 0.2) is 0 Å². The van der Waals surface area contributed by atoms with E-state index in [0.717, 1.165) is 74.7 Å². The molecule has 0 unspecified atom stereocenters. The van der Waals surface area contributed by atoms with E-state index in [-0.39, 0.29) is 17.9 Å². The number of carbonyl (C=O) groups excluding carboxylic acids is 2. The number of amides is 2. The molecule has 42 heavy (non-hydrogen) atoms. The van der Waals surface area contributed by atoms with Gasteiger partial charge in [-0.15, -0.1) is 0 Å². The molecule has 2 N–H and O–H groups in total. The molecule has 4 heterocycles. The Kier molecular flexibility index (Phi) is 8.28. The molecule has 9 heteroatoms. The van der Waals surface area contributed by atoms with Crippen LogP contribution < -0.4 is 25.2 Å². The molecular formula is C33H39N5O4. The van der Waals surface area contributed by atoms with Crippen molar-refractivity contribution in [3.05, 3.63) is 83.0 Å². The molecule has 9 nitrogen and oxygen atoms in total. The number of piperidine rings is 1. The molecular weight excluding hydrogens is 530 g/mol. The molecule has 3 aromatic rings. The number of pyridine rings is 1. The number of methoxy groups -OCH3 is 1. The van der Waals surface area contributed by atoms with Crippen molar-refractivity contribution in [2.45, 2.75) is 57.3 Å². The summed E-state index contributed by atoms with van der Waals surface area (Å²) in [6, 6.07) is 18.5. The van der Waals surface area contributed by atoms with E-state index < -0.39 is 0 Å². The van der Waals surface area contributed by atoms with E-state index in [1.807, 2.05) is 37.3 Å². The standard InChI is InChI=1S/C33H39N5O4/c1-22-29(4-3-5-30(22)41-2)33(40)36-25-18-27-11-12-28(19-25)38(27)31-13-8-24(21-34-31)32(39)35-20-23-6-9-26(10-7-23)37-14-16-42-17-15-37/h3-10,13,21,25,27-28H,11-12,14-20H2,1-2H3,(H,35,39)(H,36,40)/t25-,27+,28-. The second-order valence-electron chi connectivity index (χ2n) is 11.4. The third-order valence-electron chi connectivity index (χ3n) is 8.86. The van der Waals surface area contributed by atoms with Crippen molar-refractivity contribution in [2.75, 3.05) is 43.2 Å². The van der Waals surface area contributed by atoms with Gasteiger partial charge in [0, 0.05) is 60.8 Å². The summed E-state index contributed by atoms with van der Waals surface area (Å²) in [5.41, 5.74) is 4.29. The lowest BCUT2D eigenvalue weighted by Gasteiger charge is -2.40. The highest BCUT2D eigenvalue weighted by Gasteiger charge is 2.42. The van der Waals surface area contributed by atoms with Gasteiger partial charge in [-0.25, -0.2) is 4.98 Å². The second kappa shape index (κ2) is 12.4. The third-order valence-corrected chi connectivity index (χ3v) is 8.86. The Morgan fingerprint density at radius 2 is 1.71 bits per heavy atom. The van der Waals surface area contributed by atoms with E-state index in [0.29, 0.717) is 29.8 Å². The second-order valence-corrected chi connectivity index (χ2v) is 11.4.